The maximum Gasteiger partial charge on any atom is 0.246 e. The van der Waals surface area contributed by atoms with Gasteiger partial charge in [-0.1, -0.05) is 12.1 Å². The van der Waals surface area contributed by atoms with Crippen LogP contribution in [0.2, 0.25) is 0 Å². The van der Waals surface area contributed by atoms with Crippen molar-refractivity contribution in [2.45, 2.75) is 13.5 Å². The molecule has 0 aliphatic carbocycles. The zero-order chi connectivity index (χ0) is 13.7. The summed E-state index contributed by atoms with van der Waals surface area (Å²) < 4.78 is 8.05. The molecule has 1 heterocycles. The van der Waals surface area contributed by atoms with Crippen LogP contribution >= 0.6 is 22.6 Å². The van der Waals surface area contributed by atoms with E-state index in [2.05, 4.69) is 33.0 Å². The van der Waals surface area contributed by atoms with Gasteiger partial charge >= 0.3 is 0 Å². The van der Waals surface area contributed by atoms with Crippen molar-refractivity contribution >= 4 is 34.2 Å². The smallest absolute Gasteiger partial charge is 0.246 e. The van der Waals surface area contributed by atoms with Gasteiger partial charge in [0.15, 0.2) is 0 Å². The summed E-state index contributed by atoms with van der Waals surface area (Å²) in [7, 11) is 0. The Balaban J connectivity index is 2.02. The van der Waals surface area contributed by atoms with Crippen LogP contribution in [0.5, 0.6) is 5.75 Å². The number of benzene rings is 1. The molecule has 6 heteroatoms. The van der Waals surface area contributed by atoms with Crippen molar-refractivity contribution in [2.75, 3.05) is 11.9 Å². The first-order valence-corrected chi connectivity index (χ1v) is 6.96. The van der Waals surface area contributed by atoms with Crippen molar-refractivity contribution in [2.24, 2.45) is 0 Å². The van der Waals surface area contributed by atoms with E-state index in [1.807, 2.05) is 37.4 Å². The number of amides is 1. The van der Waals surface area contributed by atoms with Gasteiger partial charge in [0.2, 0.25) is 5.91 Å². The molecule has 19 heavy (non-hydrogen) atoms. The summed E-state index contributed by atoms with van der Waals surface area (Å²) in [5.41, 5.74) is 0.677. The maximum absolute atomic E-state index is 11.9. The molecule has 1 N–H and O–H groups in total. The first-order chi connectivity index (χ1) is 9.19. The van der Waals surface area contributed by atoms with Crippen LogP contribution in [0.4, 0.5) is 5.69 Å². The Kier molecular flexibility index (Phi) is 4.78. The van der Waals surface area contributed by atoms with Crippen molar-refractivity contribution in [3.8, 4) is 5.75 Å². The van der Waals surface area contributed by atoms with E-state index in [0.29, 0.717) is 18.0 Å². The van der Waals surface area contributed by atoms with Crippen LogP contribution in [0.15, 0.2) is 36.7 Å². The molecule has 0 radical (unpaired) electrons. The Morgan fingerprint density at radius 1 is 1.47 bits per heavy atom. The van der Waals surface area contributed by atoms with Gasteiger partial charge in [0.25, 0.3) is 0 Å². The Bertz CT molecular complexity index is 569. The highest BCUT2D eigenvalue weighted by Gasteiger charge is 2.08. The summed E-state index contributed by atoms with van der Waals surface area (Å²) in [6.45, 7) is 2.65. The van der Waals surface area contributed by atoms with E-state index in [0.717, 1.165) is 3.57 Å². The van der Waals surface area contributed by atoms with Crippen molar-refractivity contribution in [1.82, 2.24) is 9.78 Å². The van der Waals surface area contributed by atoms with Crippen LogP contribution in [0.1, 0.15) is 6.92 Å². The molecule has 1 aromatic carbocycles. The lowest BCUT2D eigenvalue weighted by Crippen LogP contribution is -2.19. The molecular weight excluding hydrogens is 357 g/mol. The maximum atomic E-state index is 11.9. The number of nitrogens with one attached hydrogen (secondary N) is 1. The summed E-state index contributed by atoms with van der Waals surface area (Å²) in [5.74, 6) is 0.542. The third-order valence-corrected chi connectivity index (χ3v) is 2.93. The van der Waals surface area contributed by atoms with Gasteiger partial charge in [0, 0.05) is 6.20 Å². The summed E-state index contributed by atoms with van der Waals surface area (Å²) in [6, 6.07) is 7.37. The molecule has 2 aromatic rings. The number of para-hydroxylation sites is 2. The highest BCUT2D eigenvalue weighted by Crippen LogP contribution is 2.23. The molecule has 0 fully saturated rings. The topological polar surface area (TPSA) is 56.1 Å². The molecule has 2 rings (SSSR count). The normalized spacial score (nSPS) is 10.2. The van der Waals surface area contributed by atoms with Gasteiger partial charge in [-0.25, -0.2) is 0 Å². The van der Waals surface area contributed by atoms with Crippen LogP contribution in [0, 0.1) is 3.57 Å². The second-order valence-electron chi connectivity index (χ2n) is 3.83. The third-order valence-electron chi connectivity index (χ3n) is 2.37. The Hall–Kier alpha value is -1.57. The molecule has 0 saturated carbocycles. The van der Waals surface area contributed by atoms with Crippen molar-refractivity contribution in [3.63, 3.8) is 0 Å². The van der Waals surface area contributed by atoms with Gasteiger partial charge in [0.1, 0.15) is 12.3 Å². The van der Waals surface area contributed by atoms with E-state index < -0.39 is 0 Å². The Morgan fingerprint density at radius 3 is 2.95 bits per heavy atom. The second kappa shape index (κ2) is 6.55. The molecule has 0 unspecified atom stereocenters. The minimum absolute atomic E-state index is 0.133. The largest absolute Gasteiger partial charge is 0.492 e. The first-order valence-electron chi connectivity index (χ1n) is 5.88. The van der Waals surface area contributed by atoms with Gasteiger partial charge in [0.05, 0.1) is 22.1 Å². The number of halogens is 1. The van der Waals surface area contributed by atoms with Crippen molar-refractivity contribution in [3.05, 3.63) is 40.2 Å². The van der Waals surface area contributed by atoms with Gasteiger partial charge < -0.3 is 10.1 Å². The van der Waals surface area contributed by atoms with E-state index in [4.69, 9.17) is 4.74 Å². The lowest BCUT2D eigenvalue weighted by molar-refractivity contribution is -0.116. The first kappa shape index (κ1) is 13.9. The number of hydrogen-bond donors (Lipinski definition) is 1. The summed E-state index contributed by atoms with van der Waals surface area (Å²) in [5, 5.41) is 6.90. The summed E-state index contributed by atoms with van der Waals surface area (Å²) in [4.78, 5) is 11.9. The van der Waals surface area contributed by atoms with Gasteiger partial charge in [-0.05, 0) is 41.6 Å². The number of carbonyl (C=O) groups is 1. The highest BCUT2D eigenvalue weighted by molar-refractivity contribution is 14.1. The number of aromatic nitrogens is 2. The molecule has 0 spiro atoms. The fraction of sp³-hybridized carbons (Fsp3) is 0.231. The zero-order valence-electron chi connectivity index (χ0n) is 10.5. The Labute approximate surface area is 125 Å². The Morgan fingerprint density at radius 2 is 2.26 bits per heavy atom. The SMILES string of the molecule is CCOc1ccccc1NC(=O)Cn1cc(I)cn1. The molecule has 5 nitrogen and oxygen atoms in total. The molecule has 1 amide bonds. The van der Waals surface area contributed by atoms with E-state index in [1.54, 1.807) is 10.9 Å². The van der Waals surface area contributed by atoms with Crippen LogP contribution in [-0.2, 0) is 11.3 Å². The predicted molar refractivity (Wildman–Crippen MR) is 81.2 cm³/mol. The molecule has 100 valence electrons. The molecule has 0 aliphatic heterocycles. The minimum atomic E-state index is -0.133. The number of hydrogen-bond acceptors (Lipinski definition) is 3. The average Bonchev–Trinajstić information content (AvgIpc) is 2.77. The number of ether oxygens (including phenoxy) is 1. The number of nitrogens with zero attached hydrogens (tertiary/aromatic N) is 2. The fourth-order valence-electron chi connectivity index (χ4n) is 1.61. The standard InChI is InChI=1S/C13H14IN3O2/c1-2-19-12-6-4-3-5-11(12)16-13(18)9-17-8-10(14)7-15-17/h3-8H,2,9H2,1H3,(H,16,18). The van der Waals surface area contributed by atoms with Gasteiger partial charge in [-0.2, -0.15) is 5.10 Å². The molecule has 1 aromatic heterocycles. The lowest BCUT2D eigenvalue weighted by Gasteiger charge is -2.11. The molecule has 0 saturated heterocycles. The highest BCUT2D eigenvalue weighted by atomic mass is 127. The predicted octanol–water partition coefficient (Wildman–Crippen LogP) is 2.53. The molecule has 0 bridgehead atoms. The van der Waals surface area contributed by atoms with Crippen LogP contribution in [-0.4, -0.2) is 22.3 Å². The second-order valence-corrected chi connectivity index (χ2v) is 5.08. The number of anilines is 1. The monoisotopic (exact) mass is 371 g/mol. The molecule has 0 aliphatic rings. The summed E-state index contributed by atoms with van der Waals surface area (Å²) in [6.07, 6.45) is 3.52. The molecule has 0 atom stereocenters. The van der Waals surface area contributed by atoms with E-state index in [-0.39, 0.29) is 12.5 Å². The van der Waals surface area contributed by atoms with E-state index in [1.165, 1.54) is 0 Å². The quantitative estimate of drug-likeness (QED) is 0.822. The molecular formula is C13H14IN3O2. The number of rotatable bonds is 5. The number of carbonyl (C=O) groups excluding carboxylic acids is 1. The van der Waals surface area contributed by atoms with Crippen molar-refractivity contribution in [1.29, 1.82) is 0 Å². The van der Waals surface area contributed by atoms with E-state index >= 15 is 0 Å². The zero-order valence-corrected chi connectivity index (χ0v) is 12.6. The van der Waals surface area contributed by atoms with Crippen LogP contribution < -0.4 is 10.1 Å². The van der Waals surface area contributed by atoms with Gasteiger partial charge in [-0.3, -0.25) is 9.48 Å². The minimum Gasteiger partial charge on any atom is -0.492 e. The van der Waals surface area contributed by atoms with E-state index in [9.17, 15) is 4.79 Å². The fourth-order valence-corrected chi connectivity index (χ4v) is 2.06. The third kappa shape index (κ3) is 3.95. The van der Waals surface area contributed by atoms with Crippen LogP contribution in [0.3, 0.4) is 0 Å². The lowest BCUT2D eigenvalue weighted by atomic mass is 10.3. The van der Waals surface area contributed by atoms with Crippen molar-refractivity contribution < 1.29 is 9.53 Å². The average molecular weight is 371 g/mol. The van der Waals surface area contributed by atoms with Crippen LogP contribution in [0.25, 0.3) is 0 Å². The summed E-state index contributed by atoms with van der Waals surface area (Å²) >= 11 is 2.15. The van der Waals surface area contributed by atoms with Gasteiger partial charge in [-0.15, -0.1) is 0 Å².